The quantitative estimate of drug-likeness (QED) is 0.637. The van der Waals surface area contributed by atoms with Crippen LogP contribution < -0.4 is 0 Å². The summed E-state index contributed by atoms with van der Waals surface area (Å²) in [5, 5.41) is 0. The zero-order valence-electron chi connectivity index (χ0n) is 5.87. The smallest absolute Gasteiger partial charge is 0.0890 e. The molecular formula is C6H13IN2. The van der Waals surface area contributed by atoms with Gasteiger partial charge in [0.2, 0.25) is 0 Å². The van der Waals surface area contributed by atoms with E-state index in [1.165, 1.54) is 0 Å². The highest BCUT2D eigenvalue weighted by Crippen LogP contribution is 2.00. The van der Waals surface area contributed by atoms with Crippen LogP contribution in [0.15, 0.2) is 12.4 Å². The number of hydrogen-bond acceptors (Lipinski definition) is 2. The Morgan fingerprint density at radius 3 is 2.33 bits per heavy atom. The van der Waals surface area contributed by atoms with Gasteiger partial charge in [0.1, 0.15) is 0 Å². The molecule has 1 aliphatic rings. The first-order valence-corrected chi connectivity index (χ1v) is 2.95. The summed E-state index contributed by atoms with van der Waals surface area (Å²) in [5.74, 6) is 0. The van der Waals surface area contributed by atoms with Gasteiger partial charge in [0.05, 0.1) is 6.67 Å². The molecule has 0 bridgehead atoms. The fourth-order valence-corrected chi connectivity index (χ4v) is 0.794. The fourth-order valence-electron chi connectivity index (χ4n) is 0.794. The highest BCUT2D eigenvalue weighted by Gasteiger charge is 2.03. The molecule has 0 saturated heterocycles. The van der Waals surface area contributed by atoms with Crippen molar-refractivity contribution in [3.63, 3.8) is 0 Å². The number of rotatable bonds is 1. The fraction of sp³-hybridized carbons (Fsp3) is 0.667. The van der Waals surface area contributed by atoms with Crippen LogP contribution in [-0.4, -0.2) is 30.1 Å². The average molecular weight is 240 g/mol. The highest BCUT2D eigenvalue weighted by molar-refractivity contribution is 14.0. The molecule has 0 aromatic heterocycles. The van der Waals surface area contributed by atoms with E-state index >= 15 is 0 Å². The molecule has 1 aliphatic heterocycles. The van der Waals surface area contributed by atoms with Crippen LogP contribution in [0.1, 0.15) is 6.92 Å². The number of hydrogen-bond donors (Lipinski definition) is 0. The van der Waals surface area contributed by atoms with Gasteiger partial charge in [-0.1, -0.05) is 0 Å². The van der Waals surface area contributed by atoms with E-state index in [0.717, 1.165) is 13.2 Å². The molecule has 0 unspecified atom stereocenters. The van der Waals surface area contributed by atoms with E-state index in [2.05, 4.69) is 36.2 Å². The first-order valence-electron chi connectivity index (χ1n) is 2.95. The summed E-state index contributed by atoms with van der Waals surface area (Å²) in [7, 11) is 2.08. The van der Waals surface area contributed by atoms with Gasteiger partial charge in [-0.05, 0) is 6.92 Å². The molecule has 3 heteroatoms. The monoisotopic (exact) mass is 240 g/mol. The van der Waals surface area contributed by atoms with Crippen molar-refractivity contribution in [1.82, 2.24) is 9.80 Å². The van der Waals surface area contributed by atoms with E-state index in [0.29, 0.717) is 0 Å². The first-order chi connectivity index (χ1) is 3.83. The van der Waals surface area contributed by atoms with Crippen LogP contribution in [0.3, 0.4) is 0 Å². The van der Waals surface area contributed by atoms with Crippen molar-refractivity contribution in [3.8, 4) is 0 Å². The lowest BCUT2D eigenvalue weighted by molar-refractivity contribution is 0.308. The summed E-state index contributed by atoms with van der Waals surface area (Å²) in [4.78, 5) is 4.41. The third-order valence-electron chi connectivity index (χ3n) is 1.34. The molecule has 0 fully saturated rings. The van der Waals surface area contributed by atoms with E-state index in [1.54, 1.807) is 0 Å². The molecular weight excluding hydrogens is 227 g/mol. The molecule has 2 nitrogen and oxygen atoms in total. The van der Waals surface area contributed by atoms with Gasteiger partial charge in [0.25, 0.3) is 0 Å². The van der Waals surface area contributed by atoms with Crippen molar-refractivity contribution < 1.29 is 0 Å². The Bertz CT molecular complexity index is 103. The third kappa shape index (κ3) is 2.43. The number of nitrogens with zero attached hydrogens (tertiary/aromatic N) is 2. The highest BCUT2D eigenvalue weighted by atomic mass is 127. The molecule has 0 spiro atoms. The van der Waals surface area contributed by atoms with Gasteiger partial charge in [-0.3, -0.25) is 0 Å². The molecule has 0 aromatic rings. The summed E-state index contributed by atoms with van der Waals surface area (Å²) in [6, 6.07) is 0. The van der Waals surface area contributed by atoms with Crippen molar-refractivity contribution in [3.05, 3.63) is 12.4 Å². The van der Waals surface area contributed by atoms with Crippen molar-refractivity contribution in [1.29, 1.82) is 0 Å². The predicted molar refractivity (Wildman–Crippen MR) is 49.6 cm³/mol. The summed E-state index contributed by atoms with van der Waals surface area (Å²) in [6.45, 7) is 4.32. The zero-order chi connectivity index (χ0) is 5.98. The Hall–Kier alpha value is 0.0700. The Kier molecular flexibility index (Phi) is 4.01. The molecule has 54 valence electrons. The predicted octanol–water partition coefficient (Wildman–Crippen LogP) is 1.30. The summed E-state index contributed by atoms with van der Waals surface area (Å²) < 4.78 is 0. The molecule has 9 heavy (non-hydrogen) atoms. The van der Waals surface area contributed by atoms with Gasteiger partial charge in [-0.2, -0.15) is 0 Å². The van der Waals surface area contributed by atoms with Gasteiger partial charge < -0.3 is 9.80 Å². The lowest BCUT2D eigenvalue weighted by Crippen LogP contribution is -2.21. The minimum atomic E-state index is 0. The Labute approximate surface area is 73.5 Å². The second kappa shape index (κ2) is 3.98. The standard InChI is InChI=1S/C6H12N2.HI/c1-3-8-5-4-7(2)6-8;/h4-5H,3,6H2,1-2H3;1H. The third-order valence-corrected chi connectivity index (χ3v) is 1.34. The van der Waals surface area contributed by atoms with Crippen LogP contribution >= 0.6 is 24.0 Å². The van der Waals surface area contributed by atoms with Gasteiger partial charge in [-0.25, -0.2) is 0 Å². The molecule has 0 aromatic carbocycles. The normalized spacial score (nSPS) is 16.2. The zero-order valence-corrected chi connectivity index (χ0v) is 8.20. The second-order valence-electron chi connectivity index (χ2n) is 2.10. The minimum Gasteiger partial charge on any atom is -0.362 e. The van der Waals surface area contributed by atoms with Gasteiger partial charge in [0, 0.05) is 26.0 Å². The lowest BCUT2D eigenvalue weighted by Gasteiger charge is -2.14. The van der Waals surface area contributed by atoms with Crippen LogP contribution in [0.5, 0.6) is 0 Å². The molecule has 0 saturated carbocycles. The van der Waals surface area contributed by atoms with E-state index in [1.807, 2.05) is 0 Å². The van der Waals surface area contributed by atoms with Crippen molar-refractivity contribution in [2.75, 3.05) is 20.3 Å². The molecule has 1 rings (SSSR count). The molecule has 0 N–H and O–H groups in total. The summed E-state index contributed by atoms with van der Waals surface area (Å²) >= 11 is 0. The van der Waals surface area contributed by atoms with Crippen LogP contribution in [-0.2, 0) is 0 Å². The van der Waals surface area contributed by atoms with E-state index in [-0.39, 0.29) is 24.0 Å². The van der Waals surface area contributed by atoms with Crippen LogP contribution in [0.4, 0.5) is 0 Å². The maximum atomic E-state index is 2.25. The minimum absolute atomic E-state index is 0. The molecule has 0 radical (unpaired) electrons. The summed E-state index contributed by atoms with van der Waals surface area (Å²) in [6.07, 6.45) is 4.20. The molecule has 1 heterocycles. The van der Waals surface area contributed by atoms with Gasteiger partial charge in [-0.15, -0.1) is 24.0 Å². The van der Waals surface area contributed by atoms with Crippen LogP contribution in [0.2, 0.25) is 0 Å². The van der Waals surface area contributed by atoms with Crippen molar-refractivity contribution >= 4 is 24.0 Å². The SMILES string of the molecule is CCN1C=CN(C)C1.I. The maximum absolute atomic E-state index is 2.25. The van der Waals surface area contributed by atoms with Gasteiger partial charge >= 0.3 is 0 Å². The van der Waals surface area contributed by atoms with Crippen molar-refractivity contribution in [2.45, 2.75) is 6.92 Å². The largest absolute Gasteiger partial charge is 0.362 e. The summed E-state index contributed by atoms with van der Waals surface area (Å²) in [5.41, 5.74) is 0. The Balaban J connectivity index is 0.000000640. The number of halogens is 1. The second-order valence-corrected chi connectivity index (χ2v) is 2.10. The first kappa shape index (κ1) is 9.07. The topological polar surface area (TPSA) is 6.48 Å². The molecule has 0 amide bonds. The van der Waals surface area contributed by atoms with Crippen molar-refractivity contribution in [2.24, 2.45) is 0 Å². The van der Waals surface area contributed by atoms with Crippen LogP contribution in [0, 0.1) is 0 Å². The van der Waals surface area contributed by atoms with E-state index in [9.17, 15) is 0 Å². The maximum Gasteiger partial charge on any atom is 0.0890 e. The van der Waals surface area contributed by atoms with Crippen LogP contribution in [0.25, 0.3) is 0 Å². The van der Waals surface area contributed by atoms with Gasteiger partial charge in [0.15, 0.2) is 0 Å². The average Bonchev–Trinajstić information content (AvgIpc) is 2.14. The Morgan fingerprint density at radius 1 is 1.44 bits per heavy atom. The Morgan fingerprint density at radius 2 is 2.11 bits per heavy atom. The molecule has 0 atom stereocenters. The van der Waals surface area contributed by atoms with E-state index < -0.39 is 0 Å². The van der Waals surface area contributed by atoms with E-state index in [4.69, 9.17) is 0 Å². The lowest BCUT2D eigenvalue weighted by atomic mass is 10.6. The molecule has 0 aliphatic carbocycles.